The van der Waals surface area contributed by atoms with Gasteiger partial charge in [-0.15, -0.1) is 0 Å². The molecular formula is C15H26BNO2. The highest BCUT2D eigenvalue weighted by Crippen LogP contribution is 2.21. The van der Waals surface area contributed by atoms with E-state index in [-0.39, 0.29) is 12.0 Å². The van der Waals surface area contributed by atoms with Crippen LogP contribution in [0.3, 0.4) is 0 Å². The average molecular weight is 263 g/mol. The summed E-state index contributed by atoms with van der Waals surface area (Å²) in [6.45, 7) is 5.38. The zero-order valence-electron chi connectivity index (χ0n) is 12.4. The van der Waals surface area contributed by atoms with Crippen molar-refractivity contribution >= 4 is 7.62 Å². The van der Waals surface area contributed by atoms with Crippen LogP contribution < -0.4 is 5.23 Å². The van der Waals surface area contributed by atoms with Gasteiger partial charge in [-0.25, -0.2) is 0 Å². The number of rotatable bonds is 9. The molecule has 0 aromatic heterocycles. The summed E-state index contributed by atoms with van der Waals surface area (Å²) < 4.78 is 4.95. The Morgan fingerprint density at radius 2 is 2.05 bits per heavy atom. The van der Waals surface area contributed by atoms with Crippen LogP contribution in [0.1, 0.15) is 31.4 Å². The molecule has 0 bridgehead atoms. The average Bonchev–Trinajstić information content (AvgIpc) is 2.38. The maximum atomic E-state index is 9.33. The molecule has 0 spiro atoms. The fraction of sp³-hybridized carbons (Fsp3) is 0.600. The minimum Gasteiger partial charge on any atom is -0.427 e. The molecular weight excluding hydrogens is 237 g/mol. The molecule has 0 saturated heterocycles. The Bertz CT molecular complexity index is 369. The van der Waals surface area contributed by atoms with E-state index in [0.29, 0.717) is 7.62 Å². The molecule has 0 unspecified atom stereocenters. The molecule has 0 atom stereocenters. The molecule has 4 heteroatoms. The Balaban J connectivity index is 2.43. The summed E-state index contributed by atoms with van der Waals surface area (Å²) in [5.74, 6) is 0. The van der Waals surface area contributed by atoms with Gasteiger partial charge in [-0.05, 0) is 42.3 Å². The highest BCUT2D eigenvalue weighted by Gasteiger charge is 2.16. The van der Waals surface area contributed by atoms with E-state index in [1.54, 1.807) is 7.11 Å². The lowest BCUT2D eigenvalue weighted by Gasteiger charge is -2.21. The molecule has 0 aliphatic rings. The first-order valence-electron chi connectivity index (χ1n) is 6.96. The summed E-state index contributed by atoms with van der Waals surface area (Å²) >= 11 is 0. The van der Waals surface area contributed by atoms with Crippen LogP contribution in [0, 0.1) is 5.41 Å². The summed E-state index contributed by atoms with van der Waals surface area (Å²) in [4.78, 5) is 0. The highest BCUT2D eigenvalue weighted by molar-refractivity contribution is 6.23. The van der Waals surface area contributed by atoms with Crippen molar-refractivity contribution in [1.82, 2.24) is 5.23 Å². The monoisotopic (exact) mass is 263 g/mol. The number of hydrogen-bond donors (Lipinski definition) is 2. The molecule has 106 valence electrons. The maximum Gasteiger partial charge on any atom is 0.360 e. The lowest BCUT2D eigenvalue weighted by Crippen LogP contribution is -2.22. The zero-order valence-corrected chi connectivity index (χ0v) is 12.4. The third-order valence-corrected chi connectivity index (χ3v) is 3.17. The van der Waals surface area contributed by atoms with Gasteiger partial charge in [-0.3, -0.25) is 0 Å². The molecule has 2 N–H and O–H groups in total. The first-order valence-corrected chi connectivity index (χ1v) is 6.96. The fourth-order valence-corrected chi connectivity index (χ4v) is 2.10. The molecule has 0 aliphatic heterocycles. The van der Waals surface area contributed by atoms with E-state index < -0.39 is 0 Å². The molecule has 0 aliphatic carbocycles. The van der Waals surface area contributed by atoms with Gasteiger partial charge in [0.2, 0.25) is 0 Å². The molecule has 19 heavy (non-hydrogen) atoms. The predicted octanol–water partition coefficient (Wildman–Crippen LogP) is 1.68. The Morgan fingerprint density at radius 3 is 2.74 bits per heavy atom. The molecule has 0 saturated carbocycles. The topological polar surface area (TPSA) is 41.5 Å². The molecule has 0 heterocycles. The number of hydrogen-bond acceptors (Lipinski definition) is 3. The largest absolute Gasteiger partial charge is 0.427 e. The summed E-state index contributed by atoms with van der Waals surface area (Å²) in [5.41, 5.74) is 2.63. The summed E-state index contributed by atoms with van der Waals surface area (Å²) in [7, 11) is 2.31. The molecule has 1 rings (SSSR count). The standard InChI is InChI=1S/C15H26BNO2/c1-15(2,12-18)11-14-7-4-6-13(10-14)8-5-9-17-16-19-3/h4,6-7,10,16-18H,5,8-9,11-12H2,1-3H3. The maximum absolute atomic E-state index is 9.33. The lowest BCUT2D eigenvalue weighted by atomic mass is 9.86. The van der Waals surface area contributed by atoms with E-state index in [1.807, 2.05) is 0 Å². The fourth-order valence-electron chi connectivity index (χ4n) is 2.10. The van der Waals surface area contributed by atoms with Gasteiger partial charge in [0.05, 0.1) is 0 Å². The van der Waals surface area contributed by atoms with Crippen LogP contribution in [0.5, 0.6) is 0 Å². The van der Waals surface area contributed by atoms with E-state index in [0.717, 1.165) is 25.8 Å². The van der Waals surface area contributed by atoms with Crippen molar-refractivity contribution in [3.63, 3.8) is 0 Å². The molecule has 0 radical (unpaired) electrons. The molecule has 1 aromatic carbocycles. The second-order valence-corrected chi connectivity index (χ2v) is 5.86. The van der Waals surface area contributed by atoms with Gasteiger partial charge in [-0.1, -0.05) is 38.1 Å². The smallest absolute Gasteiger partial charge is 0.360 e. The van der Waals surface area contributed by atoms with Crippen LogP contribution in [0.25, 0.3) is 0 Å². The van der Waals surface area contributed by atoms with E-state index in [9.17, 15) is 5.11 Å². The lowest BCUT2D eigenvalue weighted by molar-refractivity contribution is 0.159. The molecule has 3 nitrogen and oxygen atoms in total. The first-order chi connectivity index (χ1) is 9.07. The van der Waals surface area contributed by atoms with Crippen molar-refractivity contribution in [3.05, 3.63) is 35.4 Å². The van der Waals surface area contributed by atoms with Gasteiger partial charge in [0.1, 0.15) is 0 Å². The quantitative estimate of drug-likeness (QED) is 0.526. The summed E-state index contributed by atoms with van der Waals surface area (Å²) in [5, 5.41) is 12.5. The Kier molecular flexibility index (Phi) is 7.14. The Labute approximate surface area is 117 Å². The van der Waals surface area contributed by atoms with Gasteiger partial charge in [0.25, 0.3) is 0 Å². The Morgan fingerprint density at radius 1 is 1.32 bits per heavy atom. The third kappa shape index (κ3) is 6.76. The highest BCUT2D eigenvalue weighted by atomic mass is 16.4. The van der Waals surface area contributed by atoms with Crippen LogP contribution in [-0.4, -0.2) is 33.0 Å². The second-order valence-electron chi connectivity index (χ2n) is 5.86. The van der Waals surface area contributed by atoms with Gasteiger partial charge in [0.15, 0.2) is 0 Å². The van der Waals surface area contributed by atoms with Crippen LogP contribution >= 0.6 is 0 Å². The second kappa shape index (κ2) is 8.36. The minimum absolute atomic E-state index is 0.0430. The van der Waals surface area contributed by atoms with Crippen LogP contribution in [0.2, 0.25) is 0 Å². The summed E-state index contributed by atoms with van der Waals surface area (Å²) in [6.07, 6.45) is 3.10. The van der Waals surface area contributed by atoms with Crippen LogP contribution in [0.4, 0.5) is 0 Å². The Hall–Kier alpha value is -0.835. The van der Waals surface area contributed by atoms with E-state index in [1.165, 1.54) is 11.1 Å². The first kappa shape index (κ1) is 16.2. The van der Waals surface area contributed by atoms with Crippen LogP contribution in [0.15, 0.2) is 24.3 Å². The van der Waals surface area contributed by atoms with Gasteiger partial charge < -0.3 is 15.0 Å². The van der Waals surface area contributed by atoms with E-state index in [2.05, 4.69) is 43.3 Å². The van der Waals surface area contributed by atoms with Crippen LogP contribution in [-0.2, 0) is 17.5 Å². The van der Waals surface area contributed by atoms with Crippen molar-refractivity contribution in [2.75, 3.05) is 20.3 Å². The van der Waals surface area contributed by atoms with Crippen molar-refractivity contribution in [2.45, 2.75) is 33.1 Å². The predicted molar refractivity (Wildman–Crippen MR) is 81.5 cm³/mol. The summed E-state index contributed by atoms with van der Waals surface area (Å²) in [6, 6.07) is 8.68. The number of aliphatic hydroxyl groups excluding tert-OH is 1. The SMILES string of the molecule is COBNCCCc1cccc(CC(C)(C)CO)c1. The van der Waals surface area contributed by atoms with E-state index in [4.69, 9.17) is 4.65 Å². The molecule has 0 amide bonds. The minimum atomic E-state index is -0.0430. The third-order valence-electron chi connectivity index (χ3n) is 3.17. The number of benzene rings is 1. The molecule has 1 aromatic rings. The zero-order chi connectivity index (χ0) is 14.1. The normalized spacial score (nSPS) is 11.6. The van der Waals surface area contributed by atoms with Crippen molar-refractivity contribution in [1.29, 1.82) is 0 Å². The van der Waals surface area contributed by atoms with Gasteiger partial charge >= 0.3 is 7.62 Å². The van der Waals surface area contributed by atoms with Gasteiger partial charge in [0, 0.05) is 13.7 Å². The number of aliphatic hydroxyl groups is 1. The van der Waals surface area contributed by atoms with Crippen molar-refractivity contribution in [2.24, 2.45) is 5.41 Å². The van der Waals surface area contributed by atoms with E-state index >= 15 is 0 Å². The number of aryl methyl sites for hydroxylation is 1. The van der Waals surface area contributed by atoms with Crippen molar-refractivity contribution < 1.29 is 9.76 Å². The van der Waals surface area contributed by atoms with Gasteiger partial charge in [-0.2, -0.15) is 0 Å². The van der Waals surface area contributed by atoms with Crippen molar-refractivity contribution in [3.8, 4) is 0 Å². The number of nitrogens with one attached hydrogen (secondary N) is 1. The molecule has 0 fully saturated rings.